The lowest BCUT2D eigenvalue weighted by Gasteiger charge is -2.41. The number of ether oxygens (including phenoxy) is 1. The van der Waals surface area contributed by atoms with Gasteiger partial charge in [-0.25, -0.2) is 0 Å². The zero-order valence-electron chi connectivity index (χ0n) is 11.4. The molecule has 1 aliphatic heterocycles. The zero-order chi connectivity index (χ0) is 12.0. The van der Waals surface area contributed by atoms with Crippen LogP contribution >= 0.6 is 0 Å². The van der Waals surface area contributed by atoms with Gasteiger partial charge in [0.1, 0.15) is 0 Å². The highest BCUT2D eigenvalue weighted by Crippen LogP contribution is 2.26. The molecular weight excluding hydrogens is 200 g/mol. The van der Waals surface area contributed by atoms with E-state index in [1.165, 1.54) is 13.1 Å². The topological polar surface area (TPSA) is 24.5 Å². The molecule has 0 aliphatic carbocycles. The SMILES string of the molecule is CCNCCOC1(C)CCN(C(C)C)CC1.[HH]. The van der Waals surface area contributed by atoms with E-state index in [9.17, 15) is 0 Å². The van der Waals surface area contributed by atoms with Crippen LogP contribution in [0.1, 0.15) is 42.0 Å². The van der Waals surface area contributed by atoms with Crippen molar-refractivity contribution in [2.45, 2.75) is 52.2 Å². The van der Waals surface area contributed by atoms with E-state index >= 15 is 0 Å². The van der Waals surface area contributed by atoms with Crippen molar-refractivity contribution in [3.05, 3.63) is 0 Å². The van der Waals surface area contributed by atoms with E-state index in [-0.39, 0.29) is 7.03 Å². The van der Waals surface area contributed by atoms with Crippen LogP contribution in [-0.4, -0.2) is 49.3 Å². The molecule has 1 N–H and O–H groups in total. The molecule has 0 radical (unpaired) electrons. The molecule has 1 rings (SSSR count). The summed E-state index contributed by atoms with van der Waals surface area (Å²) in [5.41, 5.74) is 0.112. The second-order valence-corrected chi connectivity index (χ2v) is 5.28. The van der Waals surface area contributed by atoms with Gasteiger partial charge in [0.2, 0.25) is 0 Å². The number of likely N-dealkylation sites (N-methyl/N-ethyl adjacent to an activating group) is 1. The summed E-state index contributed by atoms with van der Waals surface area (Å²) in [6.45, 7) is 14.1. The number of rotatable bonds is 6. The highest BCUT2D eigenvalue weighted by Gasteiger charge is 2.31. The molecule has 3 heteroatoms. The Balaban J connectivity index is 0.00000256. The van der Waals surface area contributed by atoms with Crippen molar-refractivity contribution in [3.8, 4) is 0 Å². The Bertz CT molecular complexity index is 192. The predicted molar refractivity (Wildman–Crippen MR) is 71.0 cm³/mol. The van der Waals surface area contributed by atoms with Crippen LogP contribution < -0.4 is 5.32 Å². The summed E-state index contributed by atoms with van der Waals surface area (Å²) < 4.78 is 6.01. The van der Waals surface area contributed by atoms with Crippen molar-refractivity contribution in [1.29, 1.82) is 0 Å². The molecule has 16 heavy (non-hydrogen) atoms. The fourth-order valence-corrected chi connectivity index (χ4v) is 2.20. The first-order chi connectivity index (χ1) is 7.57. The molecule has 0 aromatic rings. The van der Waals surface area contributed by atoms with Crippen molar-refractivity contribution < 1.29 is 6.16 Å². The van der Waals surface area contributed by atoms with Gasteiger partial charge in [0.15, 0.2) is 0 Å². The molecule has 0 amide bonds. The highest BCUT2D eigenvalue weighted by atomic mass is 16.5. The van der Waals surface area contributed by atoms with Gasteiger partial charge in [0.05, 0.1) is 12.2 Å². The molecule has 1 saturated heterocycles. The molecule has 0 aromatic carbocycles. The monoisotopic (exact) mass is 230 g/mol. The van der Waals surface area contributed by atoms with Gasteiger partial charge in [0.25, 0.3) is 0 Å². The third-order valence-corrected chi connectivity index (χ3v) is 3.57. The van der Waals surface area contributed by atoms with Gasteiger partial charge in [-0.2, -0.15) is 0 Å². The molecular formula is C13H30N2O. The van der Waals surface area contributed by atoms with E-state index in [0.29, 0.717) is 6.04 Å². The molecule has 1 fully saturated rings. The maximum Gasteiger partial charge on any atom is 0.0679 e. The number of nitrogens with zero attached hydrogens (tertiary/aromatic N) is 1. The molecule has 0 bridgehead atoms. The third-order valence-electron chi connectivity index (χ3n) is 3.57. The molecule has 0 atom stereocenters. The number of piperidine rings is 1. The van der Waals surface area contributed by atoms with Crippen LogP contribution in [0.2, 0.25) is 0 Å². The summed E-state index contributed by atoms with van der Waals surface area (Å²) in [6.07, 6.45) is 2.33. The summed E-state index contributed by atoms with van der Waals surface area (Å²) in [5.74, 6) is 0. The first-order valence-corrected chi connectivity index (χ1v) is 6.66. The van der Waals surface area contributed by atoms with Gasteiger partial charge in [0, 0.05) is 27.1 Å². The van der Waals surface area contributed by atoms with Gasteiger partial charge < -0.3 is 15.0 Å². The van der Waals surface area contributed by atoms with Crippen LogP contribution in [0, 0.1) is 0 Å². The fraction of sp³-hybridized carbons (Fsp3) is 1.00. The van der Waals surface area contributed by atoms with E-state index < -0.39 is 0 Å². The van der Waals surface area contributed by atoms with Crippen molar-refractivity contribution in [1.82, 2.24) is 10.2 Å². The van der Waals surface area contributed by atoms with Crippen LogP contribution in [-0.2, 0) is 4.74 Å². The normalized spacial score (nSPS) is 21.6. The Kier molecular flexibility index (Phi) is 5.73. The van der Waals surface area contributed by atoms with Crippen LogP contribution in [0.4, 0.5) is 0 Å². The molecule has 0 saturated carbocycles. The largest absolute Gasteiger partial charge is 0.374 e. The molecule has 0 spiro atoms. The molecule has 98 valence electrons. The van der Waals surface area contributed by atoms with Crippen LogP contribution in [0.3, 0.4) is 0 Å². The van der Waals surface area contributed by atoms with Gasteiger partial charge in [-0.05, 0) is 40.2 Å². The Labute approximate surface area is 102 Å². The van der Waals surface area contributed by atoms with E-state index in [1.54, 1.807) is 0 Å². The van der Waals surface area contributed by atoms with Crippen LogP contribution in [0.5, 0.6) is 0 Å². The lowest BCUT2D eigenvalue weighted by Crippen LogP contribution is -2.47. The Morgan fingerprint density at radius 3 is 2.50 bits per heavy atom. The number of hydrogen-bond donors (Lipinski definition) is 1. The Morgan fingerprint density at radius 2 is 2.00 bits per heavy atom. The summed E-state index contributed by atoms with van der Waals surface area (Å²) in [6, 6.07) is 0.673. The quantitative estimate of drug-likeness (QED) is 0.707. The standard InChI is InChI=1S/C13H28N2O.H2/c1-5-14-8-11-16-13(4)6-9-15(10-7-13)12(2)3;/h12,14H,5-11H2,1-4H3;1H. The summed E-state index contributed by atoms with van der Waals surface area (Å²) in [5, 5.41) is 3.30. The molecule has 0 unspecified atom stereocenters. The number of likely N-dealkylation sites (tertiary alicyclic amines) is 1. The molecule has 1 heterocycles. The minimum atomic E-state index is 0. The van der Waals surface area contributed by atoms with Crippen molar-refractivity contribution >= 4 is 0 Å². The first kappa shape index (κ1) is 13.9. The molecule has 0 aromatic heterocycles. The molecule has 1 aliphatic rings. The Hall–Kier alpha value is -0.120. The minimum absolute atomic E-state index is 0. The lowest BCUT2D eigenvalue weighted by atomic mass is 9.92. The second kappa shape index (κ2) is 6.58. The van der Waals surface area contributed by atoms with Gasteiger partial charge in [-0.1, -0.05) is 6.92 Å². The van der Waals surface area contributed by atoms with E-state index in [1.807, 2.05) is 0 Å². The molecule has 3 nitrogen and oxygen atoms in total. The summed E-state index contributed by atoms with van der Waals surface area (Å²) in [4.78, 5) is 2.54. The fourth-order valence-electron chi connectivity index (χ4n) is 2.20. The van der Waals surface area contributed by atoms with E-state index in [0.717, 1.165) is 32.5 Å². The van der Waals surface area contributed by atoms with Crippen molar-refractivity contribution in [2.24, 2.45) is 0 Å². The number of hydrogen-bond acceptors (Lipinski definition) is 3. The van der Waals surface area contributed by atoms with Gasteiger partial charge in [-0.15, -0.1) is 0 Å². The van der Waals surface area contributed by atoms with Crippen molar-refractivity contribution in [3.63, 3.8) is 0 Å². The highest BCUT2D eigenvalue weighted by molar-refractivity contribution is 4.84. The average Bonchev–Trinajstić information content (AvgIpc) is 2.25. The van der Waals surface area contributed by atoms with Crippen LogP contribution in [0.25, 0.3) is 0 Å². The van der Waals surface area contributed by atoms with E-state index in [2.05, 4.69) is 37.9 Å². The third kappa shape index (κ3) is 4.40. The zero-order valence-corrected chi connectivity index (χ0v) is 11.4. The van der Waals surface area contributed by atoms with Crippen LogP contribution in [0.15, 0.2) is 0 Å². The minimum Gasteiger partial charge on any atom is -0.374 e. The first-order valence-electron chi connectivity index (χ1n) is 6.66. The predicted octanol–water partition coefficient (Wildman–Crippen LogP) is 2.12. The summed E-state index contributed by atoms with van der Waals surface area (Å²) >= 11 is 0. The smallest absolute Gasteiger partial charge is 0.0679 e. The average molecular weight is 230 g/mol. The van der Waals surface area contributed by atoms with Gasteiger partial charge in [-0.3, -0.25) is 0 Å². The summed E-state index contributed by atoms with van der Waals surface area (Å²) in [7, 11) is 0. The van der Waals surface area contributed by atoms with Crippen molar-refractivity contribution in [2.75, 3.05) is 32.8 Å². The maximum absolute atomic E-state index is 6.01. The lowest BCUT2D eigenvalue weighted by molar-refractivity contribution is -0.0731. The second-order valence-electron chi connectivity index (χ2n) is 5.28. The Morgan fingerprint density at radius 1 is 1.38 bits per heavy atom. The van der Waals surface area contributed by atoms with E-state index in [4.69, 9.17) is 4.74 Å². The van der Waals surface area contributed by atoms with Gasteiger partial charge >= 0.3 is 0 Å². The number of nitrogens with one attached hydrogen (secondary N) is 1. The maximum atomic E-state index is 6.01.